The molecule has 1 heterocycles. The van der Waals surface area contributed by atoms with Crippen molar-refractivity contribution in [1.82, 2.24) is 4.90 Å². The molecule has 2 rings (SSSR count). The molecule has 2 fully saturated rings. The Balaban J connectivity index is 1.75. The monoisotopic (exact) mass is 182 g/mol. The van der Waals surface area contributed by atoms with Crippen LogP contribution in [-0.4, -0.2) is 30.6 Å². The Kier molecular flexibility index (Phi) is 3.23. The normalized spacial score (nSPS) is 31.6. The Morgan fingerprint density at radius 3 is 2.62 bits per heavy atom. The zero-order chi connectivity index (χ0) is 9.10. The minimum atomic E-state index is 0.883. The summed E-state index contributed by atoms with van der Waals surface area (Å²) >= 11 is 0. The van der Waals surface area contributed by atoms with E-state index in [0.29, 0.717) is 0 Å². The van der Waals surface area contributed by atoms with Gasteiger partial charge in [-0.25, -0.2) is 0 Å². The van der Waals surface area contributed by atoms with E-state index < -0.39 is 0 Å². The highest BCUT2D eigenvalue weighted by Gasteiger charge is 2.30. The van der Waals surface area contributed by atoms with Crippen LogP contribution < -0.4 is 5.73 Å². The lowest BCUT2D eigenvalue weighted by Crippen LogP contribution is -2.27. The third-order valence-corrected chi connectivity index (χ3v) is 3.52. The molecule has 1 atom stereocenters. The van der Waals surface area contributed by atoms with E-state index in [1.807, 2.05) is 0 Å². The van der Waals surface area contributed by atoms with Gasteiger partial charge in [0.1, 0.15) is 0 Å². The fraction of sp³-hybridized carbons (Fsp3) is 1.00. The average molecular weight is 182 g/mol. The number of hydrogen-bond donors (Lipinski definition) is 1. The molecule has 0 bridgehead atoms. The quantitative estimate of drug-likeness (QED) is 0.718. The maximum atomic E-state index is 5.60. The van der Waals surface area contributed by atoms with E-state index in [4.69, 9.17) is 5.73 Å². The smallest absolute Gasteiger partial charge is 0.00964 e. The molecular formula is C11H22N2. The Labute approximate surface area is 81.5 Å². The van der Waals surface area contributed by atoms with Gasteiger partial charge in [-0.1, -0.05) is 0 Å². The Morgan fingerprint density at radius 2 is 1.92 bits per heavy atom. The van der Waals surface area contributed by atoms with Gasteiger partial charge in [0.25, 0.3) is 0 Å². The first-order chi connectivity index (χ1) is 6.40. The van der Waals surface area contributed by atoms with Gasteiger partial charge in [-0.3, -0.25) is 0 Å². The van der Waals surface area contributed by atoms with Gasteiger partial charge in [-0.05, 0) is 64.1 Å². The summed E-state index contributed by atoms with van der Waals surface area (Å²) in [4.78, 5) is 2.70. The molecule has 2 heteroatoms. The molecule has 0 aromatic carbocycles. The molecule has 1 aliphatic heterocycles. The zero-order valence-corrected chi connectivity index (χ0v) is 8.54. The van der Waals surface area contributed by atoms with Crippen molar-refractivity contribution in [1.29, 1.82) is 0 Å². The van der Waals surface area contributed by atoms with E-state index in [1.54, 1.807) is 0 Å². The summed E-state index contributed by atoms with van der Waals surface area (Å²) in [7, 11) is 0. The second kappa shape index (κ2) is 4.43. The van der Waals surface area contributed by atoms with Gasteiger partial charge in [0, 0.05) is 6.04 Å². The third kappa shape index (κ3) is 2.68. The van der Waals surface area contributed by atoms with Gasteiger partial charge >= 0.3 is 0 Å². The standard InChI is InChI=1S/C11H22N2/c12-7-5-10-2-1-8-13(9-6-10)11-3-4-11/h10-11H,1-9,12H2. The molecule has 0 radical (unpaired) electrons. The molecule has 1 saturated heterocycles. The number of hydrogen-bond acceptors (Lipinski definition) is 2. The Hall–Kier alpha value is -0.0800. The van der Waals surface area contributed by atoms with Gasteiger partial charge in [0.05, 0.1) is 0 Å². The van der Waals surface area contributed by atoms with Gasteiger partial charge in [0.15, 0.2) is 0 Å². The summed E-state index contributed by atoms with van der Waals surface area (Å²) in [6, 6.07) is 0.969. The summed E-state index contributed by atoms with van der Waals surface area (Å²) in [6.45, 7) is 3.58. The summed E-state index contributed by atoms with van der Waals surface area (Å²) in [5, 5.41) is 0. The van der Waals surface area contributed by atoms with E-state index in [2.05, 4.69) is 4.90 Å². The van der Waals surface area contributed by atoms with Crippen LogP contribution in [0.1, 0.15) is 38.5 Å². The van der Waals surface area contributed by atoms with Crippen LogP contribution in [0.25, 0.3) is 0 Å². The SMILES string of the molecule is NCCC1CCCN(C2CC2)CC1. The first kappa shape index (κ1) is 9.47. The van der Waals surface area contributed by atoms with Crippen molar-refractivity contribution in [2.45, 2.75) is 44.6 Å². The fourth-order valence-electron chi connectivity index (χ4n) is 2.52. The lowest BCUT2D eigenvalue weighted by atomic mass is 9.97. The second-order valence-electron chi connectivity index (χ2n) is 4.64. The molecule has 2 aliphatic rings. The van der Waals surface area contributed by atoms with Gasteiger partial charge in [-0.2, -0.15) is 0 Å². The second-order valence-corrected chi connectivity index (χ2v) is 4.64. The first-order valence-electron chi connectivity index (χ1n) is 5.84. The average Bonchev–Trinajstić information content (AvgIpc) is 2.89. The van der Waals surface area contributed by atoms with Crippen molar-refractivity contribution in [3.63, 3.8) is 0 Å². The van der Waals surface area contributed by atoms with Gasteiger partial charge in [-0.15, -0.1) is 0 Å². The van der Waals surface area contributed by atoms with Crippen molar-refractivity contribution in [2.75, 3.05) is 19.6 Å². The first-order valence-corrected chi connectivity index (χ1v) is 5.84. The van der Waals surface area contributed by atoms with Crippen LogP contribution in [-0.2, 0) is 0 Å². The molecule has 0 aromatic heterocycles. The minimum Gasteiger partial charge on any atom is -0.330 e. The fourth-order valence-corrected chi connectivity index (χ4v) is 2.52. The van der Waals surface area contributed by atoms with Crippen LogP contribution in [0.5, 0.6) is 0 Å². The predicted octanol–water partition coefficient (Wildman–Crippen LogP) is 1.60. The molecule has 1 unspecified atom stereocenters. The summed E-state index contributed by atoms with van der Waals surface area (Å²) in [5.41, 5.74) is 5.60. The predicted molar refractivity (Wildman–Crippen MR) is 55.6 cm³/mol. The van der Waals surface area contributed by atoms with Crippen molar-refractivity contribution in [2.24, 2.45) is 11.7 Å². The van der Waals surface area contributed by atoms with Crippen LogP contribution >= 0.6 is 0 Å². The lowest BCUT2D eigenvalue weighted by molar-refractivity contribution is 0.269. The van der Waals surface area contributed by atoms with Crippen molar-refractivity contribution in [3.8, 4) is 0 Å². The highest BCUT2D eigenvalue weighted by Crippen LogP contribution is 2.30. The summed E-state index contributed by atoms with van der Waals surface area (Å²) < 4.78 is 0. The molecule has 2 nitrogen and oxygen atoms in total. The van der Waals surface area contributed by atoms with Crippen LogP contribution in [0.4, 0.5) is 0 Å². The molecule has 2 N–H and O–H groups in total. The van der Waals surface area contributed by atoms with Crippen molar-refractivity contribution >= 4 is 0 Å². The maximum absolute atomic E-state index is 5.60. The lowest BCUT2D eigenvalue weighted by Gasteiger charge is -2.19. The Bertz CT molecular complexity index is 154. The molecule has 1 aliphatic carbocycles. The number of nitrogens with zero attached hydrogens (tertiary/aromatic N) is 1. The summed E-state index contributed by atoms with van der Waals surface area (Å²) in [6.07, 6.45) is 8.39. The van der Waals surface area contributed by atoms with Gasteiger partial charge in [0.2, 0.25) is 0 Å². The molecule has 0 spiro atoms. The molecule has 0 aromatic rings. The van der Waals surface area contributed by atoms with E-state index in [-0.39, 0.29) is 0 Å². The van der Waals surface area contributed by atoms with E-state index in [0.717, 1.165) is 18.5 Å². The van der Waals surface area contributed by atoms with Crippen LogP contribution in [0.2, 0.25) is 0 Å². The van der Waals surface area contributed by atoms with E-state index in [9.17, 15) is 0 Å². The minimum absolute atomic E-state index is 0.883. The number of likely N-dealkylation sites (tertiary alicyclic amines) is 1. The highest BCUT2D eigenvalue weighted by molar-refractivity contribution is 4.86. The number of rotatable bonds is 3. The topological polar surface area (TPSA) is 29.3 Å². The zero-order valence-electron chi connectivity index (χ0n) is 8.54. The van der Waals surface area contributed by atoms with E-state index >= 15 is 0 Å². The molecule has 13 heavy (non-hydrogen) atoms. The Morgan fingerprint density at radius 1 is 1.08 bits per heavy atom. The molecule has 0 amide bonds. The van der Waals surface area contributed by atoms with Gasteiger partial charge < -0.3 is 10.6 Å². The van der Waals surface area contributed by atoms with Crippen molar-refractivity contribution < 1.29 is 0 Å². The molecular weight excluding hydrogens is 160 g/mol. The van der Waals surface area contributed by atoms with Crippen LogP contribution in [0, 0.1) is 5.92 Å². The van der Waals surface area contributed by atoms with Crippen LogP contribution in [0.15, 0.2) is 0 Å². The summed E-state index contributed by atoms with van der Waals surface area (Å²) in [5.74, 6) is 0.925. The number of nitrogens with two attached hydrogens (primary N) is 1. The largest absolute Gasteiger partial charge is 0.330 e. The highest BCUT2D eigenvalue weighted by atomic mass is 15.2. The molecule has 1 saturated carbocycles. The van der Waals surface area contributed by atoms with Crippen LogP contribution in [0.3, 0.4) is 0 Å². The molecule has 76 valence electrons. The third-order valence-electron chi connectivity index (χ3n) is 3.52. The van der Waals surface area contributed by atoms with Crippen molar-refractivity contribution in [3.05, 3.63) is 0 Å². The maximum Gasteiger partial charge on any atom is 0.00964 e. The van der Waals surface area contributed by atoms with E-state index in [1.165, 1.54) is 51.6 Å².